The summed E-state index contributed by atoms with van der Waals surface area (Å²) in [6.45, 7) is 2.17. The van der Waals surface area contributed by atoms with Crippen LogP contribution in [0.4, 0.5) is 13.2 Å². The van der Waals surface area contributed by atoms with Gasteiger partial charge in [0.2, 0.25) is 0 Å². The number of piperidine rings is 1. The third kappa shape index (κ3) is 4.23. The molecule has 0 aliphatic carbocycles. The lowest BCUT2D eigenvalue weighted by Gasteiger charge is -2.34. The van der Waals surface area contributed by atoms with Gasteiger partial charge in [-0.15, -0.1) is 0 Å². The average molecular weight is 361 g/mol. The highest BCUT2D eigenvalue weighted by molar-refractivity contribution is 8.00. The van der Waals surface area contributed by atoms with E-state index in [1.54, 1.807) is 11.0 Å². The summed E-state index contributed by atoms with van der Waals surface area (Å²) in [6.07, 6.45) is 1.24. The number of thioether (sulfide) groups is 1. The number of rotatable bonds is 3. The summed E-state index contributed by atoms with van der Waals surface area (Å²) in [6, 6.07) is 5.87. The SMILES string of the molecule is O=C(c1ccccc1SC(F)(F)F)N1CCC(C2OCCO2)CC1. The molecule has 2 saturated heterocycles. The van der Waals surface area contributed by atoms with Crippen LogP contribution in [0.2, 0.25) is 0 Å². The summed E-state index contributed by atoms with van der Waals surface area (Å²) < 4.78 is 49.0. The van der Waals surface area contributed by atoms with E-state index in [9.17, 15) is 18.0 Å². The first kappa shape index (κ1) is 17.6. The first-order valence-electron chi connectivity index (χ1n) is 7.81. The van der Waals surface area contributed by atoms with E-state index in [-0.39, 0.29) is 40.3 Å². The molecule has 1 aromatic carbocycles. The lowest BCUT2D eigenvalue weighted by molar-refractivity contribution is -0.0956. The summed E-state index contributed by atoms with van der Waals surface area (Å²) in [5, 5.41) is 0. The van der Waals surface area contributed by atoms with Gasteiger partial charge in [-0.25, -0.2) is 0 Å². The van der Waals surface area contributed by atoms with Crippen LogP contribution in [0, 0.1) is 5.92 Å². The van der Waals surface area contributed by atoms with Gasteiger partial charge in [0.25, 0.3) is 5.91 Å². The van der Waals surface area contributed by atoms with Crippen molar-refractivity contribution >= 4 is 17.7 Å². The van der Waals surface area contributed by atoms with Gasteiger partial charge in [0.05, 0.1) is 18.8 Å². The van der Waals surface area contributed by atoms with E-state index in [0.29, 0.717) is 26.3 Å². The van der Waals surface area contributed by atoms with Crippen molar-refractivity contribution in [2.75, 3.05) is 26.3 Å². The Hall–Kier alpha value is -1.25. The predicted octanol–water partition coefficient (Wildman–Crippen LogP) is 3.52. The molecule has 0 radical (unpaired) electrons. The summed E-state index contributed by atoms with van der Waals surface area (Å²) >= 11 is -0.247. The molecule has 0 aromatic heterocycles. The highest BCUT2D eigenvalue weighted by atomic mass is 32.2. The van der Waals surface area contributed by atoms with Gasteiger partial charge in [-0.1, -0.05) is 12.1 Å². The number of hydrogen-bond acceptors (Lipinski definition) is 4. The molecule has 132 valence electrons. The first-order valence-corrected chi connectivity index (χ1v) is 8.63. The molecule has 3 rings (SSSR count). The minimum atomic E-state index is -4.42. The zero-order valence-electron chi connectivity index (χ0n) is 12.9. The van der Waals surface area contributed by atoms with Crippen molar-refractivity contribution in [3.05, 3.63) is 29.8 Å². The maximum Gasteiger partial charge on any atom is 0.446 e. The molecule has 0 atom stereocenters. The van der Waals surface area contributed by atoms with Crippen molar-refractivity contribution < 1.29 is 27.4 Å². The van der Waals surface area contributed by atoms with E-state index >= 15 is 0 Å². The maximum atomic E-state index is 12.7. The summed E-state index contributed by atoms with van der Waals surface area (Å²) in [7, 11) is 0. The second-order valence-electron chi connectivity index (χ2n) is 5.78. The monoisotopic (exact) mass is 361 g/mol. The number of amides is 1. The van der Waals surface area contributed by atoms with Gasteiger partial charge in [-0.05, 0) is 36.7 Å². The Bertz CT molecular complexity index is 582. The fourth-order valence-electron chi connectivity index (χ4n) is 3.05. The van der Waals surface area contributed by atoms with Crippen LogP contribution in [0.5, 0.6) is 0 Å². The molecule has 0 bridgehead atoms. The second kappa shape index (κ2) is 7.33. The third-order valence-corrected chi connectivity index (χ3v) is 5.01. The van der Waals surface area contributed by atoms with Crippen molar-refractivity contribution in [3.63, 3.8) is 0 Å². The fourth-order valence-corrected chi connectivity index (χ4v) is 3.71. The molecule has 1 amide bonds. The van der Waals surface area contributed by atoms with Crippen LogP contribution in [-0.2, 0) is 9.47 Å². The zero-order chi connectivity index (χ0) is 17.2. The number of likely N-dealkylation sites (tertiary alicyclic amines) is 1. The number of alkyl halides is 3. The Morgan fingerprint density at radius 2 is 1.75 bits per heavy atom. The van der Waals surface area contributed by atoms with E-state index in [2.05, 4.69) is 0 Å². The summed E-state index contributed by atoms with van der Waals surface area (Å²) in [4.78, 5) is 14.2. The molecule has 2 heterocycles. The topological polar surface area (TPSA) is 38.8 Å². The molecule has 2 aliphatic rings. The molecule has 2 fully saturated rings. The van der Waals surface area contributed by atoms with E-state index in [0.717, 1.165) is 12.8 Å². The smallest absolute Gasteiger partial charge is 0.350 e. The molecule has 2 aliphatic heterocycles. The molecule has 0 spiro atoms. The number of carbonyl (C=O) groups excluding carboxylic acids is 1. The van der Waals surface area contributed by atoms with Crippen molar-refractivity contribution in [1.29, 1.82) is 0 Å². The molecule has 1 aromatic rings. The van der Waals surface area contributed by atoms with E-state index in [4.69, 9.17) is 9.47 Å². The van der Waals surface area contributed by atoms with Gasteiger partial charge in [0, 0.05) is 23.9 Å². The van der Waals surface area contributed by atoms with Gasteiger partial charge in [0.15, 0.2) is 6.29 Å². The van der Waals surface area contributed by atoms with E-state index < -0.39 is 5.51 Å². The average Bonchev–Trinajstić information content (AvgIpc) is 3.08. The number of halogens is 3. The van der Waals surface area contributed by atoms with Gasteiger partial charge < -0.3 is 14.4 Å². The number of nitrogens with zero attached hydrogens (tertiary/aromatic N) is 1. The van der Waals surface area contributed by atoms with Crippen LogP contribution in [0.25, 0.3) is 0 Å². The summed E-state index contributed by atoms with van der Waals surface area (Å²) in [5.74, 6) is -0.120. The van der Waals surface area contributed by atoms with Gasteiger partial charge in [-0.3, -0.25) is 4.79 Å². The van der Waals surface area contributed by atoms with Gasteiger partial charge in [0.1, 0.15) is 0 Å². The summed E-state index contributed by atoms with van der Waals surface area (Å²) in [5.41, 5.74) is -4.31. The van der Waals surface area contributed by atoms with E-state index in [1.165, 1.54) is 18.2 Å². The fraction of sp³-hybridized carbons (Fsp3) is 0.562. The Morgan fingerprint density at radius 1 is 1.12 bits per heavy atom. The number of ether oxygens (including phenoxy) is 2. The van der Waals surface area contributed by atoms with E-state index in [1.807, 2.05) is 0 Å². The molecule has 0 N–H and O–H groups in total. The second-order valence-corrected chi connectivity index (χ2v) is 6.89. The van der Waals surface area contributed by atoms with Crippen LogP contribution < -0.4 is 0 Å². The van der Waals surface area contributed by atoms with Crippen molar-refractivity contribution in [1.82, 2.24) is 4.90 Å². The van der Waals surface area contributed by atoms with Gasteiger partial charge in [-0.2, -0.15) is 13.2 Å². The van der Waals surface area contributed by atoms with Crippen LogP contribution in [0.15, 0.2) is 29.2 Å². The Balaban J connectivity index is 1.65. The normalized spacial score (nSPS) is 20.5. The molecular weight excluding hydrogens is 343 g/mol. The molecule has 4 nitrogen and oxygen atoms in total. The van der Waals surface area contributed by atoms with Crippen molar-refractivity contribution in [2.24, 2.45) is 5.92 Å². The molecule has 0 saturated carbocycles. The quantitative estimate of drug-likeness (QED) is 0.772. The zero-order valence-corrected chi connectivity index (χ0v) is 13.7. The minimum absolute atomic E-state index is 0.0559. The number of benzene rings is 1. The predicted molar refractivity (Wildman–Crippen MR) is 82.7 cm³/mol. The first-order chi connectivity index (χ1) is 11.4. The van der Waals surface area contributed by atoms with Crippen LogP contribution in [0.3, 0.4) is 0 Å². The minimum Gasteiger partial charge on any atom is -0.350 e. The standard InChI is InChI=1S/C16H18F3NO3S/c17-16(18,19)24-13-4-2-1-3-12(13)14(21)20-7-5-11(6-8-20)15-22-9-10-23-15/h1-4,11,15H,5-10H2. The highest BCUT2D eigenvalue weighted by Gasteiger charge is 2.34. The molecular formula is C16H18F3NO3S. The molecule has 8 heteroatoms. The van der Waals surface area contributed by atoms with Gasteiger partial charge >= 0.3 is 5.51 Å². The molecule has 24 heavy (non-hydrogen) atoms. The third-order valence-electron chi connectivity index (χ3n) is 4.20. The number of carbonyl (C=O) groups is 1. The van der Waals surface area contributed by atoms with Crippen molar-refractivity contribution in [3.8, 4) is 0 Å². The van der Waals surface area contributed by atoms with Crippen LogP contribution in [-0.4, -0.2) is 48.9 Å². The number of hydrogen-bond donors (Lipinski definition) is 0. The largest absolute Gasteiger partial charge is 0.446 e. The maximum absolute atomic E-state index is 12.7. The molecule has 0 unspecified atom stereocenters. The lowest BCUT2D eigenvalue weighted by Crippen LogP contribution is -2.41. The Morgan fingerprint density at radius 3 is 2.38 bits per heavy atom. The Labute approximate surface area is 142 Å². The lowest BCUT2D eigenvalue weighted by atomic mass is 9.95. The highest BCUT2D eigenvalue weighted by Crippen LogP contribution is 2.39. The Kier molecular flexibility index (Phi) is 5.36. The van der Waals surface area contributed by atoms with Crippen molar-refractivity contribution in [2.45, 2.75) is 29.5 Å². The van der Waals surface area contributed by atoms with Crippen LogP contribution >= 0.6 is 11.8 Å². The van der Waals surface area contributed by atoms with Crippen LogP contribution in [0.1, 0.15) is 23.2 Å².